The van der Waals surface area contributed by atoms with Gasteiger partial charge in [-0.2, -0.15) is 0 Å². The van der Waals surface area contributed by atoms with E-state index in [4.69, 9.17) is 5.84 Å². The fourth-order valence-corrected chi connectivity index (χ4v) is 2.02. The van der Waals surface area contributed by atoms with Crippen molar-refractivity contribution in [1.29, 1.82) is 0 Å². The van der Waals surface area contributed by atoms with Gasteiger partial charge in [-0.25, -0.2) is 0 Å². The zero-order valence-corrected chi connectivity index (χ0v) is 10.9. The molecular formula is C12H29N3. The smallest absolute Gasteiger partial charge is 0.0340 e. The largest absolute Gasteiger partial charge is 0.308 e. The summed E-state index contributed by atoms with van der Waals surface area (Å²) < 4.78 is 0. The molecule has 2 atom stereocenters. The zero-order valence-electron chi connectivity index (χ0n) is 10.9. The van der Waals surface area contributed by atoms with Gasteiger partial charge in [0.05, 0.1) is 0 Å². The van der Waals surface area contributed by atoms with Crippen molar-refractivity contribution in [3.05, 3.63) is 0 Å². The molecule has 0 rings (SSSR count). The number of nitrogens with zero attached hydrogens (tertiary/aromatic N) is 1. The number of likely N-dealkylation sites (N-methyl/N-ethyl adjacent to an activating group) is 1. The van der Waals surface area contributed by atoms with E-state index in [2.05, 4.69) is 38.3 Å². The molecule has 0 aromatic carbocycles. The summed E-state index contributed by atoms with van der Waals surface area (Å²) in [5.74, 6) is 6.40. The maximum Gasteiger partial charge on any atom is 0.0340 e. The molecule has 0 amide bonds. The maximum absolute atomic E-state index is 5.58. The van der Waals surface area contributed by atoms with Gasteiger partial charge in [-0.05, 0) is 26.4 Å². The lowest BCUT2D eigenvalue weighted by molar-refractivity contribution is 0.284. The first-order chi connectivity index (χ1) is 7.13. The molecule has 0 aliphatic rings. The summed E-state index contributed by atoms with van der Waals surface area (Å²) in [6.07, 6.45) is 6.46. The van der Waals surface area contributed by atoms with Gasteiger partial charge in [-0.1, -0.05) is 39.5 Å². The van der Waals surface area contributed by atoms with Crippen LogP contribution in [0, 0.1) is 5.92 Å². The third-order valence-electron chi connectivity index (χ3n) is 2.98. The first-order valence-electron chi connectivity index (χ1n) is 6.24. The first kappa shape index (κ1) is 14.9. The fourth-order valence-electron chi connectivity index (χ4n) is 2.02. The van der Waals surface area contributed by atoms with Gasteiger partial charge in [0.25, 0.3) is 0 Å². The second-order valence-electron chi connectivity index (χ2n) is 4.78. The van der Waals surface area contributed by atoms with Crippen molar-refractivity contribution in [2.24, 2.45) is 11.8 Å². The Kier molecular flexibility index (Phi) is 9.06. The normalized spacial score (nSPS) is 15.6. The highest BCUT2D eigenvalue weighted by atomic mass is 15.3. The van der Waals surface area contributed by atoms with Crippen molar-refractivity contribution >= 4 is 0 Å². The molecule has 3 heteroatoms. The molecule has 15 heavy (non-hydrogen) atoms. The minimum atomic E-state index is 0.432. The van der Waals surface area contributed by atoms with Crippen LogP contribution in [0.15, 0.2) is 0 Å². The van der Waals surface area contributed by atoms with E-state index in [1.165, 1.54) is 32.1 Å². The van der Waals surface area contributed by atoms with Gasteiger partial charge in [0.15, 0.2) is 0 Å². The van der Waals surface area contributed by atoms with E-state index in [9.17, 15) is 0 Å². The van der Waals surface area contributed by atoms with E-state index in [1.54, 1.807) is 0 Å². The van der Waals surface area contributed by atoms with E-state index in [0.717, 1.165) is 12.5 Å². The van der Waals surface area contributed by atoms with Gasteiger partial charge in [-0.3, -0.25) is 11.3 Å². The third-order valence-corrected chi connectivity index (χ3v) is 2.98. The molecule has 0 radical (unpaired) electrons. The second kappa shape index (κ2) is 9.13. The predicted molar refractivity (Wildman–Crippen MR) is 67.6 cm³/mol. The second-order valence-corrected chi connectivity index (χ2v) is 4.78. The summed E-state index contributed by atoms with van der Waals surface area (Å²) in [7, 11) is 4.19. The Morgan fingerprint density at radius 2 is 1.93 bits per heavy atom. The molecule has 0 heterocycles. The van der Waals surface area contributed by atoms with E-state index < -0.39 is 0 Å². The highest BCUT2D eigenvalue weighted by Crippen LogP contribution is 2.18. The third kappa shape index (κ3) is 7.77. The quantitative estimate of drug-likeness (QED) is 0.456. The van der Waals surface area contributed by atoms with Crippen LogP contribution >= 0.6 is 0 Å². The van der Waals surface area contributed by atoms with Crippen molar-refractivity contribution in [2.75, 3.05) is 20.6 Å². The molecule has 92 valence electrons. The molecule has 3 nitrogen and oxygen atoms in total. The Bertz CT molecular complexity index is 137. The summed E-state index contributed by atoms with van der Waals surface area (Å²) in [5, 5.41) is 0. The van der Waals surface area contributed by atoms with Gasteiger partial charge in [-0.15, -0.1) is 0 Å². The summed E-state index contributed by atoms with van der Waals surface area (Å²) in [5.41, 5.74) is 2.93. The van der Waals surface area contributed by atoms with Gasteiger partial charge in [0.2, 0.25) is 0 Å². The van der Waals surface area contributed by atoms with E-state index in [0.29, 0.717) is 6.04 Å². The number of rotatable bonds is 9. The Balaban J connectivity index is 3.88. The molecule has 0 aromatic rings. The predicted octanol–water partition coefficient (Wildman–Crippen LogP) is 1.99. The summed E-state index contributed by atoms with van der Waals surface area (Å²) in [6, 6.07) is 0.432. The van der Waals surface area contributed by atoms with Crippen LogP contribution in [0.1, 0.15) is 46.0 Å². The van der Waals surface area contributed by atoms with Crippen LogP contribution in [0.5, 0.6) is 0 Å². The number of hydrazine groups is 1. The molecular weight excluding hydrogens is 186 g/mol. The number of nitrogens with two attached hydrogens (primary N) is 1. The lowest BCUT2D eigenvalue weighted by atomic mass is 9.92. The Labute approximate surface area is 95.4 Å². The summed E-state index contributed by atoms with van der Waals surface area (Å²) in [4.78, 5) is 2.19. The lowest BCUT2D eigenvalue weighted by Crippen LogP contribution is -2.43. The van der Waals surface area contributed by atoms with Crippen molar-refractivity contribution in [3.8, 4) is 0 Å². The summed E-state index contributed by atoms with van der Waals surface area (Å²) in [6.45, 7) is 5.56. The average molecular weight is 215 g/mol. The average Bonchev–Trinajstić information content (AvgIpc) is 2.21. The van der Waals surface area contributed by atoms with Crippen LogP contribution in [0.3, 0.4) is 0 Å². The van der Waals surface area contributed by atoms with Crippen LogP contribution in [0.4, 0.5) is 0 Å². The van der Waals surface area contributed by atoms with Crippen LogP contribution in [-0.4, -0.2) is 31.6 Å². The van der Waals surface area contributed by atoms with Crippen LogP contribution in [-0.2, 0) is 0 Å². The number of hydrogen-bond acceptors (Lipinski definition) is 3. The van der Waals surface area contributed by atoms with Crippen LogP contribution in [0.25, 0.3) is 0 Å². The van der Waals surface area contributed by atoms with Crippen molar-refractivity contribution in [2.45, 2.75) is 52.0 Å². The number of hydrogen-bond donors (Lipinski definition) is 2. The van der Waals surface area contributed by atoms with Gasteiger partial charge >= 0.3 is 0 Å². The standard InChI is InChI=1S/C12H29N3/c1-5-7-8-11(6-2)9-12(14-13)10-15(3)4/h11-12,14H,5-10,13H2,1-4H3. The van der Waals surface area contributed by atoms with Crippen LogP contribution < -0.4 is 11.3 Å². The zero-order chi connectivity index (χ0) is 11.7. The van der Waals surface area contributed by atoms with E-state index in [-0.39, 0.29) is 0 Å². The van der Waals surface area contributed by atoms with Crippen molar-refractivity contribution in [3.63, 3.8) is 0 Å². The highest BCUT2D eigenvalue weighted by Gasteiger charge is 2.14. The number of unbranched alkanes of at least 4 members (excludes halogenated alkanes) is 1. The minimum absolute atomic E-state index is 0.432. The molecule has 0 spiro atoms. The van der Waals surface area contributed by atoms with E-state index >= 15 is 0 Å². The molecule has 0 aromatic heterocycles. The molecule has 0 aliphatic carbocycles. The molecule has 0 fully saturated rings. The molecule has 0 bridgehead atoms. The Morgan fingerprint density at radius 3 is 2.33 bits per heavy atom. The molecule has 3 N–H and O–H groups in total. The Morgan fingerprint density at radius 1 is 1.27 bits per heavy atom. The molecule has 0 aliphatic heterocycles. The van der Waals surface area contributed by atoms with E-state index in [1.807, 2.05) is 0 Å². The van der Waals surface area contributed by atoms with Gasteiger partial charge in [0.1, 0.15) is 0 Å². The SMILES string of the molecule is CCCCC(CC)CC(CN(C)C)NN. The van der Waals surface area contributed by atoms with Gasteiger partial charge in [0, 0.05) is 12.6 Å². The minimum Gasteiger partial charge on any atom is -0.308 e. The molecule has 0 saturated heterocycles. The monoisotopic (exact) mass is 215 g/mol. The molecule has 0 saturated carbocycles. The Hall–Kier alpha value is -0.120. The number of nitrogens with one attached hydrogen (secondary N) is 1. The van der Waals surface area contributed by atoms with Crippen molar-refractivity contribution < 1.29 is 0 Å². The molecule has 2 unspecified atom stereocenters. The van der Waals surface area contributed by atoms with Crippen LogP contribution in [0.2, 0.25) is 0 Å². The van der Waals surface area contributed by atoms with Gasteiger partial charge < -0.3 is 4.90 Å². The lowest BCUT2D eigenvalue weighted by Gasteiger charge is -2.24. The highest BCUT2D eigenvalue weighted by molar-refractivity contribution is 4.71. The van der Waals surface area contributed by atoms with Crippen molar-refractivity contribution in [1.82, 2.24) is 10.3 Å². The first-order valence-corrected chi connectivity index (χ1v) is 6.24. The fraction of sp³-hybridized carbons (Fsp3) is 1.00. The topological polar surface area (TPSA) is 41.3 Å². The maximum atomic E-state index is 5.58. The summed E-state index contributed by atoms with van der Waals surface area (Å²) >= 11 is 0.